The number of aromatic amines is 1. The maximum Gasteiger partial charge on any atom is 0.254 e. The Kier molecular flexibility index (Phi) is 3.30. The standard InChI is InChI=1S/C12H12FN3O/c13-10-3-1-8(2-4-10)11-15-7-9(5-6-14)12(17)16-11/h1-4,7H,5-6,14H2,(H,15,16,17). The van der Waals surface area contributed by atoms with Gasteiger partial charge in [0.1, 0.15) is 11.6 Å². The van der Waals surface area contributed by atoms with Gasteiger partial charge < -0.3 is 10.7 Å². The Morgan fingerprint density at radius 1 is 1.29 bits per heavy atom. The minimum Gasteiger partial charge on any atom is -0.330 e. The number of halogens is 1. The SMILES string of the molecule is NCCc1cnc(-c2ccc(F)cc2)[nH]c1=O. The third-order valence-electron chi connectivity index (χ3n) is 2.40. The van der Waals surface area contributed by atoms with E-state index in [0.29, 0.717) is 29.9 Å². The molecule has 0 atom stereocenters. The number of nitrogens with one attached hydrogen (secondary N) is 1. The Labute approximate surface area is 97.3 Å². The summed E-state index contributed by atoms with van der Waals surface area (Å²) in [6.45, 7) is 0.403. The number of hydrogen-bond acceptors (Lipinski definition) is 3. The fourth-order valence-electron chi connectivity index (χ4n) is 1.51. The first-order chi connectivity index (χ1) is 8.20. The predicted octanol–water partition coefficient (Wildman–Crippen LogP) is 1.08. The number of nitrogens with zero attached hydrogens (tertiary/aromatic N) is 1. The highest BCUT2D eigenvalue weighted by molar-refractivity contribution is 5.54. The summed E-state index contributed by atoms with van der Waals surface area (Å²) in [5.41, 5.74) is 6.39. The second-order valence-electron chi connectivity index (χ2n) is 3.63. The van der Waals surface area contributed by atoms with Crippen molar-refractivity contribution in [3.8, 4) is 11.4 Å². The molecule has 0 saturated heterocycles. The van der Waals surface area contributed by atoms with E-state index in [9.17, 15) is 9.18 Å². The van der Waals surface area contributed by atoms with Gasteiger partial charge in [0.2, 0.25) is 0 Å². The zero-order chi connectivity index (χ0) is 12.3. The summed E-state index contributed by atoms with van der Waals surface area (Å²) in [5.74, 6) is 0.103. The second-order valence-corrected chi connectivity index (χ2v) is 3.63. The Bertz CT molecular complexity index is 563. The van der Waals surface area contributed by atoms with Crippen molar-refractivity contribution in [3.63, 3.8) is 0 Å². The summed E-state index contributed by atoms with van der Waals surface area (Å²) in [5, 5.41) is 0. The second kappa shape index (κ2) is 4.88. The van der Waals surface area contributed by atoms with Crippen molar-refractivity contribution < 1.29 is 4.39 Å². The lowest BCUT2D eigenvalue weighted by molar-refractivity contribution is 0.628. The molecular formula is C12H12FN3O. The van der Waals surface area contributed by atoms with Gasteiger partial charge in [-0.1, -0.05) is 0 Å². The molecule has 0 spiro atoms. The normalized spacial score (nSPS) is 10.5. The largest absolute Gasteiger partial charge is 0.330 e. The maximum absolute atomic E-state index is 12.7. The molecule has 17 heavy (non-hydrogen) atoms. The first kappa shape index (κ1) is 11.5. The van der Waals surface area contributed by atoms with E-state index < -0.39 is 0 Å². The highest BCUT2D eigenvalue weighted by Crippen LogP contribution is 2.13. The van der Waals surface area contributed by atoms with Crippen LogP contribution in [0.25, 0.3) is 11.4 Å². The van der Waals surface area contributed by atoms with Gasteiger partial charge in [0.05, 0.1) is 0 Å². The smallest absolute Gasteiger partial charge is 0.254 e. The highest BCUT2D eigenvalue weighted by atomic mass is 19.1. The zero-order valence-electron chi connectivity index (χ0n) is 9.11. The third kappa shape index (κ3) is 2.57. The van der Waals surface area contributed by atoms with Gasteiger partial charge in [-0.15, -0.1) is 0 Å². The minimum atomic E-state index is -0.323. The van der Waals surface area contributed by atoms with E-state index >= 15 is 0 Å². The summed E-state index contributed by atoms with van der Waals surface area (Å²) in [6.07, 6.45) is 2.00. The molecule has 1 heterocycles. The monoisotopic (exact) mass is 233 g/mol. The lowest BCUT2D eigenvalue weighted by atomic mass is 10.2. The molecule has 0 unspecified atom stereocenters. The Morgan fingerprint density at radius 3 is 2.59 bits per heavy atom. The van der Waals surface area contributed by atoms with Crippen molar-refractivity contribution >= 4 is 0 Å². The summed E-state index contributed by atoms with van der Waals surface area (Å²) in [6, 6.07) is 5.78. The van der Waals surface area contributed by atoms with E-state index in [2.05, 4.69) is 9.97 Å². The molecule has 0 bridgehead atoms. The van der Waals surface area contributed by atoms with E-state index in [1.54, 1.807) is 12.1 Å². The molecule has 88 valence electrons. The van der Waals surface area contributed by atoms with Crippen molar-refractivity contribution in [3.05, 3.63) is 52.2 Å². The van der Waals surface area contributed by atoms with Gasteiger partial charge in [-0.3, -0.25) is 4.79 Å². The third-order valence-corrected chi connectivity index (χ3v) is 2.40. The molecule has 2 rings (SSSR count). The van der Waals surface area contributed by atoms with Gasteiger partial charge in [-0.25, -0.2) is 9.37 Å². The Balaban J connectivity index is 2.37. The Hall–Kier alpha value is -2.01. The quantitative estimate of drug-likeness (QED) is 0.833. The molecule has 0 aliphatic rings. The number of aromatic nitrogens is 2. The zero-order valence-corrected chi connectivity index (χ0v) is 9.11. The van der Waals surface area contributed by atoms with Crippen molar-refractivity contribution in [1.82, 2.24) is 9.97 Å². The molecule has 0 fully saturated rings. The van der Waals surface area contributed by atoms with Crippen LogP contribution < -0.4 is 11.3 Å². The summed E-state index contributed by atoms with van der Waals surface area (Å²) >= 11 is 0. The van der Waals surface area contributed by atoms with E-state index in [1.165, 1.54) is 18.3 Å². The molecule has 1 aromatic heterocycles. The predicted molar refractivity (Wildman–Crippen MR) is 63.0 cm³/mol. The van der Waals surface area contributed by atoms with Gasteiger partial charge in [0.25, 0.3) is 5.56 Å². The molecule has 5 heteroatoms. The molecule has 0 aliphatic heterocycles. The molecule has 0 aliphatic carbocycles. The van der Waals surface area contributed by atoms with Gasteiger partial charge in [-0.05, 0) is 37.2 Å². The molecule has 4 nitrogen and oxygen atoms in total. The van der Waals surface area contributed by atoms with E-state index in [4.69, 9.17) is 5.73 Å². The van der Waals surface area contributed by atoms with Gasteiger partial charge in [-0.2, -0.15) is 0 Å². The fraction of sp³-hybridized carbons (Fsp3) is 0.167. The fourth-order valence-corrected chi connectivity index (χ4v) is 1.51. The van der Waals surface area contributed by atoms with Crippen molar-refractivity contribution in [2.45, 2.75) is 6.42 Å². The van der Waals surface area contributed by atoms with Crippen LogP contribution in [-0.4, -0.2) is 16.5 Å². The summed E-state index contributed by atoms with van der Waals surface area (Å²) in [4.78, 5) is 18.4. The van der Waals surface area contributed by atoms with Crippen LogP contribution in [0.15, 0.2) is 35.3 Å². The minimum absolute atomic E-state index is 0.204. The number of benzene rings is 1. The van der Waals surface area contributed by atoms with Crippen LogP contribution in [-0.2, 0) is 6.42 Å². The molecule has 1 aromatic carbocycles. The maximum atomic E-state index is 12.7. The van der Waals surface area contributed by atoms with Crippen LogP contribution >= 0.6 is 0 Å². The molecule has 0 radical (unpaired) electrons. The Morgan fingerprint density at radius 2 is 2.00 bits per heavy atom. The van der Waals surface area contributed by atoms with Crippen LogP contribution in [0, 0.1) is 5.82 Å². The number of rotatable bonds is 3. The highest BCUT2D eigenvalue weighted by Gasteiger charge is 2.04. The molecule has 3 N–H and O–H groups in total. The average Bonchev–Trinajstić information content (AvgIpc) is 2.33. The molecule has 2 aromatic rings. The number of H-pyrrole nitrogens is 1. The number of hydrogen-bond donors (Lipinski definition) is 2. The van der Waals surface area contributed by atoms with Crippen LogP contribution in [0.3, 0.4) is 0 Å². The average molecular weight is 233 g/mol. The lowest BCUT2D eigenvalue weighted by Gasteiger charge is -2.02. The van der Waals surface area contributed by atoms with Crippen molar-refractivity contribution in [1.29, 1.82) is 0 Å². The van der Waals surface area contributed by atoms with E-state index in [1.807, 2.05) is 0 Å². The summed E-state index contributed by atoms with van der Waals surface area (Å²) in [7, 11) is 0. The molecule has 0 saturated carbocycles. The first-order valence-corrected chi connectivity index (χ1v) is 5.25. The van der Waals surface area contributed by atoms with Crippen LogP contribution in [0.5, 0.6) is 0 Å². The number of nitrogens with two attached hydrogens (primary N) is 1. The van der Waals surface area contributed by atoms with Gasteiger partial charge >= 0.3 is 0 Å². The van der Waals surface area contributed by atoms with Crippen LogP contribution in [0.4, 0.5) is 4.39 Å². The molecule has 0 amide bonds. The van der Waals surface area contributed by atoms with Gasteiger partial charge in [0, 0.05) is 17.3 Å². The van der Waals surface area contributed by atoms with Crippen LogP contribution in [0.1, 0.15) is 5.56 Å². The van der Waals surface area contributed by atoms with Gasteiger partial charge in [0.15, 0.2) is 0 Å². The van der Waals surface area contributed by atoms with E-state index in [0.717, 1.165) is 0 Å². The summed E-state index contributed by atoms with van der Waals surface area (Å²) < 4.78 is 12.7. The molecular weight excluding hydrogens is 221 g/mol. The van der Waals surface area contributed by atoms with Crippen molar-refractivity contribution in [2.75, 3.05) is 6.54 Å². The first-order valence-electron chi connectivity index (χ1n) is 5.25. The van der Waals surface area contributed by atoms with E-state index in [-0.39, 0.29) is 11.4 Å². The van der Waals surface area contributed by atoms with Crippen molar-refractivity contribution in [2.24, 2.45) is 5.73 Å². The lowest BCUT2D eigenvalue weighted by Crippen LogP contribution is -2.17. The van der Waals surface area contributed by atoms with Crippen LogP contribution in [0.2, 0.25) is 0 Å². The topological polar surface area (TPSA) is 71.8 Å².